The minimum absolute atomic E-state index is 0.127. The van der Waals surface area contributed by atoms with Crippen molar-refractivity contribution in [3.8, 4) is 11.8 Å². The van der Waals surface area contributed by atoms with Crippen LogP contribution in [0.4, 0.5) is 0 Å². The quantitative estimate of drug-likeness (QED) is 0.673. The Bertz CT molecular complexity index is 737. The molecule has 0 bridgehead atoms. The summed E-state index contributed by atoms with van der Waals surface area (Å²) in [7, 11) is 0. The summed E-state index contributed by atoms with van der Waals surface area (Å²) < 4.78 is 4.11. The van der Waals surface area contributed by atoms with Gasteiger partial charge in [-0.05, 0) is 24.3 Å². The van der Waals surface area contributed by atoms with Crippen molar-refractivity contribution in [3.63, 3.8) is 0 Å². The smallest absolute Gasteiger partial charge is 0.288 e. The maximum atomic E-state index is 11.2. The molecule has 5 heteroatoms. The van der Waals surface area contributed by atoms with Gasteiger partial charge in [0, 0.05) is 18.1 Å². The summed E-state index contributed by atoms with van der Waals surface area (Å²) in [6.45, 7) is 0. The minimum Gasteiger partial charge on any atom is -0.321 e. The van der Waals surface area contributed by atoms with Crippen LogP contribution in [0.5, 0.6) is 0 Å². The number of hydrogen-bond donors (Lipinski definition) is 0. The molecule has 0 aliphatic carbocycles. The number of nitriles is 1. The first kappa shape index (κ1) is 10.3. The molecule has 0 aliphatic rings. The van der Waals surface area contributed by atoms with Crippen molar-refractivity contribution in [1.82, 2.24) is 4.57 Å². The molecule has 0 amide bonds. The van der Waals surface area contributed by atoms with Crippen molar-refractivity contribution in [3.05, 3.63) is 51.1 Å². The van der Waals surface area contributed by atoms with Gasteiger partial charge in [0.25, 0.3) is 4.06 Å². The number of aromatic nitrogens is 1. The van der Waals surface area contributed by atoms with Crippen molar-refractivity contribution in [1.29, 1.82) is 5.26 Å². The maximum Gasteiger partial charge on any atom is 0.288 e. The third-order valence-electron chi connectivity index (χ3n) is 2.44. The number of nitrogens with zero attached hydrogens (tertiary/aromatic N) is 2. The number of fused-ring (bicyclic) bond motifs is 1. The van der Waals surface area contributed by atoms with Gasteiger partial charge >= 0.3 is 0 Å². The predicted octanol–water partition coefficient (Wildman–Crippen LogP) is 2.99. The van der Waals surface area contributed by atoms with Crippen molar-refractivity contribution >= 4 is 32.1 Å². The van der Waals surface area contributed by atoms with Gasteiger partial charge in [-0.3, -0.25) is 4.79 Å². The fourth-order valence-corrected chi connectivity index (χ4v) is 3.58. The van der Waals surface area contributed by atoms with Gasteiger partial charge < -0.3 is 4.57 Å². The molecule has 17 heavy (non-hydrogen) atoms. The highest BCUT2D eigenvalue weighted by molar-refractivity contribution is 7.35. The molecule has 0 atom stereocenters. The molecule has 0 N–H and O–H groups in total. The fraction of sp³-hybridized carbons (Fsp3) is 0. The Hall–Kier alpha value is -1.90. The fourth-order valence-electron chi connectivity index (χ4n) is 1.63. The van der Waals surface area contributed by atoms with Crippen LogP contribution in [0.25, 0.3) is 15.1 Å². The van der Waals surface area contributed by atoms with E-state index in [4.69, 9.17) is 5.26 Å². The van der Waals surface area contributed by atoms with E-state index in [1.54, 1.807) is 12.1 Å². The van der Waals surface area contributed by atoms with Crippen LogP contribution in [-0.2, 0) is 0 Å². The lowest BCUT2D eigenvalue weighted by Crippen LogP contribution is -1.89. The summed E-state index contributed by atoms with van der Waals surface area (Å²) in [4.78, 5) is 11.2. The molecule has 0 fully saturated rings. The van der Waals surface area contributed by atoms with Crippen molar-refractivity contribution < 1.29 is 0 Å². The Morgan fingerprint density at radius 2 is 1.65 bits per heavy atom. The second kappa shape index (κ2) is 3.84. The molecule has 2 aromatic heterocycles. The first-order chi connectivity index (χ1) is 8.26. The van der Waals surface area contributed by atoms with Gasteiger partial charge in [-0.25, -0.2) is 0 Å². The highest BCUT2D eigenvalue weighted by Gasteiger charge is 2.05. The molecule has 0 unspecified atom stereocenters. The SMILES string of the molecule is N#Cc1ccc(-n2cc3sc(=O)sc3c2)cc1. The second-order valence-electron chi connectivity index (χ2n) is 3.51. The minimum atomic E-state index is 0.127. The van der Waals surface area contributed by atoms with E-state index < -0.39 is 0 Å². The molecule has 0 saturated heterocycles. The van der Waals surface area contributed by atoms with Crippen LogP contribution >= 0.6 is 22.7 Å². The molecule has 1 aromatic carbocycles. The Morgan fingerprint density at radius 1 is 1.06 bits per heavy atom. The van der Waals surface area contributed by atoms with Gasteiger partial charge in [0.15, 0.2) is 0 Å². The first-order valence-corrected chi connectivity index (χ1v) is 6.52. The largest absolute Gasteiger partial charge is 0.321 e. The van der Waals surface area contributed by atoms with Crippen LogP contribution in [-0.4, -0.2) is 4.57 Å². The Kier molecular flexibility index (Phi) is 2.32. The molecular weight excluding hydrogens is 252 g/mol. The molecule has 3 rings (SSSR count). The Labute approximate surface area is 105 Å². The zero-order valence-corrected chi connectivity index (χ0v) is 10.2. The van der Waals surface area contributed by atoms with Gasteiger partial charge in [-0.15, -0.1) is 0 Å². The number of hydrogen-bond acceptors (Lipinski definition) is 4. The molecule has 3 aromatic rings. The highest BCUT2D eigenvalue weighted by Crippen LogP contribution is 2.24. The van der Waals surface area contributed by atoms with Gasteiger partial charge in [-0.2, -0.15) is 5.26 Å². The molecule has 2 heterocycles. The van der Waals surface area contributed by atoms with Crippen LogP contribution in [0.3, 0.4) is 0 Å². The summed E-state index contributed by atoms with van der Waals surface area (Å²) in [5, 5.41) is 8.72. The Balaban J connectivity index is 2.10. The van der Waals surface area contributed by atoms with Gasteiger partial charge in [0.05, 0.1) is 21.0 Å². The lowest BCUT2D eigenvalue weighted by atomic mass is 10.2. The molecule has 3 nitrogen and oxygen atoms in total. The zero-order chi connectivity index (χ0) is 11.8. The Morgan fingerprint density at radius 3 is 2.18 bits per heavy atom. The zero-order valence-electron chi connectivity index (χ0n) is 8.58. The molecule has 0 aliphatic heterocycles. The van der Waals surface area contributed by atoms with Gasteiger partial charge in [-0.1, -0.05) is 22.7 Å². The average molecular weight is 258 g/mol. The van der Waals surface area contributed by atoms with Crippen LogP contribution in [0.1, 0.15) is 5.56 Å². The number of rotatable bonds is 1. The first-order valence-electron chi connectivity index (χ1n) is 4.88. The van der Waals surface area contributed by atoms with E-state index in [1.165, 1.54) is 22.7 Å². The maximum absolute atomic E-state index is 11.2. The highest BCUT2D eigenvalue weighted by atomic mass is 32.2. The molecule has 0 radical (unpaired) electrons. The molecule has 0 saturated carbocycles. The molecule has 0 spiro atoms. The standard InChI is InChI=1S/C12H6N2OS2/c13-5-8-1-3-9(4-2-8)14-6-10-11(7-14)17-12(15)16-10/h1-4,6-7H. The molecular formula is C12H6N2OS2. The van der Waals surface area contributed by atoms with E-state index in [2.05, 4.69) is 6.07 Å². The monoisotopic (exact) mass is 258 g/mol. The van der Waals surface area contributed by atoms with Crippen LogP contribution in [0.15, 0.2) is 41.5 Å². The average Bonchev–Trinajstić information content (AvgIpc) is 2.86. The third kappa shape index (κ3) is 1.78. The lowest BCUT2D eigenvalue weighted by Gasteiger charge is -2.01. The summed E-state index contributed by atoms with van der Waals surface area (Å²) >= 11 is 2.53. The van der Waals surface area contributed by atoms with E-state index in [1.807, 2.05) is 29.1 Å². The summed E-state index contributed by atoms with van der Waals surface area (Å²) in [6, 6.07) is 9.44. The van der Waals surface area contributed by atoms with Crippen molar-refractivity contribution in [2.24, 2.45) is 0 Å². The lowest BCUT2D eigenvalue weighted by molar-refractivity contribution is 1.09. The van der Waals surface area contributed by atoms with E-state index in [-0.39, 0.29) is 4.06 Å². The topological polar surface area (TPSA) is 45.8 Å². The summed E-state index contributed by atoms with van der Waals surface area (Å²) in [5.41, 5.74) is 1.64. The van der Waals surface area contributed by atoms with Gasteiger partial charge in [0.2, 0.25) is 0 Å². The van der Waals surface area contributed by atoms with E-state index >= 15 is 0 Å². The molecule has 82 valence electrons. The van der Waals surface area contributed by atoms with E-state index in [0.29, 0.717) is 5.56 Å². The van der Waals surface area contributed by atoms with Crippen LogP contribution < -0.4 is 4.06 Å². The third-order valence-corrected chi connectivity index (χ3v) is 4.49. The van der Waals surface area contributed by atoms with Gasteiger partial charge in [0.1, 0.15) is 0 Å². The van der Waals surface area contributed by atoms with Crippen LogP contribution in [0.2, 0.25) is 0 Å². The van der Waals surface area contributed by atoms with E-state index in [9.17, 15) is 4.79 Å². The normalized spacial score (nSPS) is 10.5. The predicted molar refractivity (Wildman–Crippen MR) is 70.0 cm³/mol. The second-order valence-corrected chi connectivity index (χ2v) is 5.79. The van der Waals surface area contributed by atoms with Crippen LogP contribution in [0, 0.1) is 11.3 Å². The van der Waals surface area contributed by atoms with Crippen molar-refractivity contribution in [2.75, 3.05) is 0 Å². The van der Waals surface area contributed by atoms with E-state index in [0.717, 1.165) is 15.1 Å². The summed E-state index contributed by atoms with van der Waals surface area (Å²) in [5.74, 6) is 0. The van der Waals surface area contributed by atoms with Crippen molar-refractivity contribution in [2.45, 2.75) is 0 Å². The number of benzene rings is 1. The summed E-state index contributed by atoms with van der Waals surface area (Å²) in [6.07, 6.45) is 3.89.